The predicted molar refractivity (Wildman–Crippen MR) is 118 cm³/mol. The van der Waals surface area contributed by atoms with Gasteiger partial charge in [-0.05, 0) is 62.0 Å². The number of furan rings is 1. The minimum atomic E-state index is -0.115. The molecular formula is C22H23N3O2S2. The Kier molecular flexibility index (Phi) is 6.18. The van der Waals surface area contributed by atoms with E-state index in [4.69, 9.17) is 16.6 Å². The molecule has 0 amide bonds. The van der Waals surface area contributed by atoms with Crippen molar-refractivity contribution in [2.75, 3.05) is 13.2 Å². The highest BCUT2D eigenvalue weighted by molar-refractivity contribution is 7.99. The molecule has 29 heavy (non-hydrogen) atoms. The van der Waals surface area contributed by atoms with Gasteiger partial charge < -0.3 is 19.7 Å². The summed E-state index contributed by atoms with van der Waals surface area (Å²) >= 11 is 7.19. The second-order valence-corrected chi connectivity index (χ2v) is 8.43. The van der Waals surface area contributed by atoms with Gasteiger partial charge in [-0.15, -0.1) is 0 Å². The van der Waals surface area contributed by atoms with E-state index in [9.17, 15) is 5.11 Å². The summed E-state index contributed by atoms with van der Waals surface area (Å²) in [6, 6.07) is 18.0. The molecule has 1 aromatic carbocycles. The van der Waals surface area contributed by atoms with Crippen molar-refractivity contribution in [3.8, 4) is 0 Å². The van der Waals surface area contributed by atoms with E-state index in [2.05, 4.69) is 46.4 Å². The summed E-state index contributed by atoms with van der Waals surface area (Å²) < 4.78 is 6.24. The minimum Gasteiger partial charge on any atom is -0.452 e. The number of aromatic nitrogens is 1. The molecule has 3 aromatic rings. The number of benzene rings is 1. The molecule has 0 radical (unpaired) electrons. The van der Waals surface area contributed by atoms with Crippen LogP contribution < -0.4 is 5.32 Å². The van der Waals surface area contributed by atoms with Crippen molar-refractivity contribution in [1.29, 1.82) is 0 Å². The lowest BCUT2D eigenvalue weighted by Crippen LogP contribution is -2.30. The predicted octanol–water partition coefficient (Wildman–Crippen LogP) is 4.49. The van der Waals surface area contributed by atoms with E-state index in [1.165, 1.54) is 5.56 Å². The van der Waals surface area contributed by atoms with Gasteiger partial charge in [-0.2, -0.15) is 0 Å². The van der Waals surface area contributed by atoms with Crippen LogP contribution >= 0.6 is 24.0 Å². The Bertz CT molecular complexity index is 960. The molecule has 4 rings (SSSR count). The Morgan fingerprint density at radius 2 is 2.00 bits per heavy atom. The number of aliphatic hydroxyl groups excluding tert-OH is 1. The zero-order valence-corrected chi connectivity index (χ0v) is 17.7. The zero-order chi connectivity index (χ0) is 20.2. The fourth-order valence-electron chi connectivity index (χ4n) is 3.47. The number of aliphatic hydroxyl groups is 1. The largest absolute Gasteiger partial charge is 0.452 e. The molecule has 2 atom stereocenters. The van der Waals surface area contributed by atoms with Gasteiger partial charge in [-0.25, -0.2) is 0 Å². The Hall–Kier alpha value is -2.35. The summed E-state index contributed by atoms with van der Waals surface area (Å²) in [7, 11) is 0. The lowest BCUT2D eigenvalue weighted by molar-refractivity contribution is 0.226. The average molecular weight is 426 g/mol. The molecule has 0 bridgehead atoms. The first-order chi connectivity index (χ1) is 14.2. The third-order valence-electron chi connectivity index (χ3n) is 4.89. The summed E-state index contributed by atoms with van der Waals surface area (Å²) in [5, 5.41) is 14.2. The molecule has 1 saturated heterocycles. The van der Waals surface area contributed by atoms with Crippen molar-refractivity contribution in [3.05, 3.63) is 77.8 Å². The maximum Gasteiger partial charge on any atom is 0.170 e. The summed E-state index contributed by atoms with van der Waals surface area (Å²) in [6.07, 6.45) is 2.42. The number of pyridine rings is 1. The van der Waals surface area contributed by atoms with Crippen molar-refractivity contribution in [3.63, 3.8) is 0 Å². The number of nitrogens with zero attached hydrogens (tertiary/aromatic N) is 2. The molecule has 1 aliphatic heterocycles. The smallest absolute Gasteiger partial charge is 0.170 e. The van der Waals surface area contributed by atoms with Crippen LogP contribution in [0.1, 0.15) is 35.5 Å². The molecule has 7 heteroatoms. The van der Waals surface area contributed by atoms with Crippen LogP contribution in [-0.2, 0) is 0 Å². The van der Waals surface area contributed by atoms with E-state index in [-0.39, 0.29) is 18.7 Å². The van der Waals surface area contributed by atoms with Crippen LogP contribution in [0, 0.1) is 6.92 Å². The van der Waals surface area contributed by atoms with Crippen molar-refractivity contribution in [2.24, 2.45) is 0 Å². The first kappa shape index (κ1) is 19.9. The van der Waals surface area contributed by atoms with Gasteiger partial charge in [0.1, 0.15) is 11.8 Å². The first-order valence-corrected chi connectivity index (χ1v) is 10.8. The van der Waals surface area contributed by atoms with E-state index >= 15 is 0 Å². The van der Waals surface area contributed by atoms with Gasteiger partial charge in [0.2, 0.25) is 0 Å². The molecule has 0 aliphatic carbocycles. The third-order valence-corrected chi connectivity index (χ3v) is 6.17. The van der Waals surface area contributed by atoms with E-state index in [1.807, 2.05) is 30.3 Å². The first-order valence-electron chi connectivity index (χ1n) is 9.59. The lowest BCUT2D eigenvalue weighted by Gasteiger charge is -2.25. The molecule has 0 spiro atoms. The van der Waals surface area contributed by atoms with E-state index < -0.39 is 0 Å². The number of aryl methyl sites for hydroxylation is 1. The van der Waals surface area contributed by atoms with Gasteiger partial charge in [0.25, 0.3) is 0 Å². The van der Waals surface area contributed by atoms with Crippen LogP contribution in [0.2, 0.25) is 0 Å². The maximum absolute atomic E-state index is 9.31. The molecule has 2 aromatic heterocycles. The third kappa shape index (κ3) is 4.47. The number of nitrogens with one attached hydrogen (secondary N) is 1. The molecule has 2 N–H and O–H groups in total. The summed E-state index contributed by atoms with van der Waals surface area (Å²) in [5.41, 5.74) is 2.15. The van der Waals surface area contributed by atoms with E-state index in [0.717, 1.165) is 21.4 Å². The van der Waals surface area contributed by atoms with Crippen molar-refractivity contribution in [1.82, 2.24) is 15.2 Å². The number of hydrogen-bond donors (Lipinski definition) is 2. The molecule has 0 unspecified atom stereocenters. The molecule has 5 nitrogen and oxygen atoms in total. The highest BCUT2D eigenvalue weighted by atomic mass is 32.2. The Labute approximate surface area is 180 Å². The quantitative estimate of drug-likeness (QED) is 0.541. The normalized spacial score (nSPS) is 18.8. The second-order valence-electron chi connectivity index (χ2n) is 6.97. The summed E-state index contributed by atoms with van der Waals surface area (Å²) in [5.74, 6) is 0.834. The zero-order valence-electron chi connectivity index (χ0n) is 16.1. The second kappa shape index (κ2) is 8.98. The Morgan fingerprint density at radius 3 is 2.72 bits per heavy atom. The maximum atomic E-state index is 9.31. The SMILES string of the molecule is Cc1ccc(Sc2ccc([C@H]3[C@@H](c4ccccn4)NC(=S)N3CCCO)o2)cc1. The van der Waals surface area contributed by atoms with Crippen molar-refractivity contribution in [2.45, 2.75) is 35.4 Å². The van der Waals surface area contributed by atoms with Crippen molar-refractivity contribution < 1.29 is 9.52 Å². The molecule has 150 valence electrons. The number of hydrogen-bond acceptors (Lipinski definition) is 5. The Balaban J connectivity index is 1.62. The van der Waals surface area contributed by atoms with Gasteiger partial charge in [0.15, 0.2) is 10.2 Å². The van der Waals surface area contributed by atoms with Gasteiger partial charge in [0, 0.05) is 24.2 Å². The number of thiocarbonyl (C=S) groups is 1. The molecule has 0 saturated carbocycles. The van der Waals surface area contributed by atoms with Crippen LogP contribution in [0.3, 0.4) is 0 Å². The summed E-state index contributed by atoms with van der Waals surface area (Å²) in [6.45, 7) is 2.85. The molecule has 1 fully saturated rings. The van der Waals surface area contributed by atoms with Gasteiger partial charge in [0.05, 0.1) is 11.7 Å². The molecular weight excluding hydrogens is 402 g/mol. The highest BCUT2D eigenvalue weighted by Crippen LogP contribution is 2.41. The molecule has 1 aliphatic rings. The fourth-order valence-corrected chi connectivity index (χ4v) is 4.58. The summed E-state index contributed by atoms with van der Waals surface area (Å²) in [4.78, 5) is 7.74. The van der Waals surface area contributed by atoms with Gasteiger partial charge in [-0.3, -0.25) is 4.98 Å². The standard InChI is InChI=1S/C22H23N3O2S2/c1-15-6-8-16(9-7-15)29-19-11-10-18(27-19)21-20(17-5-2-3-12-23-17)24-22(28)25(21)13-4-14-26/h2-3,5-12,20-21,26H,4,13-14H2,1H3,(H,24,28)/t20-,21+/m1/s1. The van der Waals surface area contributed by atoms with E-state index in [0.29, 0.717) is 18.1 Å². The topological polar surface area (TPSA) is 61.5 Å². The Morgan fingerprint density at radius 1 is 1.17 bits per heavy atom. The van der Waals surface area contributed by atoms with Crippen molar-refractivity contribution >= 4 is 29.1 Å². The van der Waals surface area contributed by atoms with E-state index in [1.54, 1.807) is 18.0 Å². The minimum absolute atomic E-state index is 0.106. The van der Waals surface area contributed by atoms with Crippen LogP contribution in [-0.4, -0.2) is 33.3 Å². The molecule has 3 heterocycles. The van der Waals surface area contributed by atoms with Crippen LogP contribution in [0.25, 0.3) is 0 Å². The lowest BCUT2D eigenvalue weighted by atomic mass is 10.0. The van der Waals surface area contributed by atoms with Crippen LogP contribution in [0.15, 0.2) is 75.2 Å². The van der Waals surface area contributed by atoms with Gasteiger partial charge in [-0.1, -0.05) is 35.5 Å². The monoisotopic (exact) mass is 425 g/mol. The van der Waals surface area contributed by atoms with Gasteiger partial charge >= 0.3 is 0 Å². The average Bonchev–Trinajstić information content (AvgIpc) is 3.32. The van der Waals surface area contributed by atoms with Crippen LogP contribution in [0.5, 0.6) is 0 Å². The highest BCUT2D eigenvalue weighted by Gasteiger charge is 2.41. The van der Waals surface area contributed by atoms with Crippen LogP contribution in [0.4, 0.5) is 0 Å². The fraction of sp³-hybridized carbons (Fsp3) is 0.273. The number of rotatable bonds is 7.